The van der Waals surface area contributed by atoms with Gasteiger partial charge in [0.15, 0.2) is 0 Å². The molecule has 6 aliphatic rings. The van der Waals surface area contributed by atoms with Crippen LogP contribution in [0, 0.1) is 11.6 Å². The van der Waals surface area contributed by atoms with Crippen LogP contribution in [0.1, 0.15) is 126 Å². The highest BCUT2D eigenvalue weighted by molar-refractivity contribution is 6.07. The molecule has 10 rings (SSSR count). The summed E-state index contributed by atoms with van der Waals surface area (Å²) in [6.07, 6.45) is 5.48. The number of imide groups is 2. The maximum absolute atomic E-state index is 13.6. The summed E-state index contributed by atoms with van der Waals surface area (Å²) in [5.41, 5.74) is 2.86. The lowest BCUT2D eigenvalue weighted by molar-refractivity contribution is -0.144. The first-order valence-corrected chi connectivity index (χ1v) is 25.1. The Hall–Kier alpha value is -7.94. The van der Waals surface area contributed by atoms with Gasteiger partial charge in [0, 0.05) is 67.6 Å². The predicted molar refractivity (Wildman–Crippen MR) is 281 cm³/mol. The SMILES string of the molecule is C.C.CC[C@H]1CC[C@@H](c2ccc(F)cc2)N1.CC[C@H]1CC[C@@H](c2ccc(F)cc2)N1C(=O)CN1C(=O)O[C@@]2(CCc3cc(NC(=O)NC)ccc32)C1=O.CNC(=O)Nc1ccc2c(c1)CC[C@@]21OC(=O)N(CC(=O)O)C1=O. The number of rotatable bonds is 10. The van der Waals surface area contributed by atoms with Gasteiger partial charge < -0.3 is 46.1 Å². The maximum atomic E-state index is 13.6. The van der Waals surface area contributed by atoms with E-state index in [1.54, 1.807) is 53.4 Å². The van der Waals surface area contributed by atoms with Gasteiger partial charge in [0.25, 0.3) is 11.8 Å². The Kier molecular flexibility index (Phi) is 18.5. The van der Waals surface area contributed by atoms with Crippen molar-refractivity contribution in [2.75, 3.05) is 37.8 Å². The first-order chi connectivity index (χ1) is 35.9. The number of hydrogen-bond donors (Lipinski definition) is 6. The summed E-state index contributed by atoms with van der Waals surface area (Å²) in [4.78, 5) is 102. The minimum absolute atomic E-state index is 0. The number of aryl methyl sites for hydroxylation is 2. The van der Waals surface area contributed by atoms with Crippen LogP contribution in [0.4, 0.5) is 39.3 Å². The topological polar surface area (TPSA) is 245 Å². The van der Waals surface area contributed by atoms with Gasteiger partial charge in [-0.15, -0.1) is 0 Å². The summed E-state index contributed by atoms with van der Waals surface area (Å²) < 4.78 is 37.1. The molecule has 6 N–H and O–H groups in total. The van der Waals surface area contributed by atoms with Crippen LogP contribution < -0.4 is 26.6 Å². The number of carbonyl (C=O) groups is 8. The van der Waals surface area contributed by atoms with Crippen molar-refractivity contribution in [1.82, 2.24) is 30.7 Å². The summed E-state index contributed by atoms with van der Waals surface area (Å²) in [6, 6.07) is 23.0. The largest absolute Gasteiger partial charge is 0.480 e. The molecule has 4 aromatic carbocycles. The van der Waals surface area contributed by atoms with E-state index >= 15 is 0 Å². The van der Waals surface area contributed by atoms with Crippen molar-refractivity contribution < 1.29 is 61.7 Å². The molecule has 0 radical (unpaired) electrons. The molecular weight excluding hydrogens is 999 g/mol. The monoisotopic (exact) mass is 1070 g/mol. The lowest BCUT2D eigenvalue weighted by atomic mass is 9.94. The van der Waals surface area contributed by atoms with E-state index in [-0.39, 0.29) is 69.4 Å². The third-order valence-corrected chi connectivity index (χ3v) is 14.8. The van der Waals surface area contributed by atoms with Crippen molar-refractivity contribution in [3.63, 3.8) is 0 Å². The zero-order chi connectivity index (χ0) is 53.8. The first-order valence-electron chi connectivity index (χ1n) is 25.1. The maximum Gasteiger partial charge on any atom is 0.418 e. The molecule has 0 saturated carbocycles. The summed E-state index contributed by atoms with van der Waals surface area (Å²) in [7, 11) is 3.00. The molecule has 9 amide bonds. The molecule has 6 atom stereocenters. The minimum atomic E-state index is -1.47. The van der Waals surface area contributed by atoms with Gasteiger partial charge in [-0.2, -0.15) is 0 Å². The predicted octanol–water partition coefficient (Wildman–Crippen LogP) is 8.78. The van der Waals surface area contributed by atoms with E-state index in [4.69, 9.17) is 14.6 Å². The van der Waals surface area contributed by atoms with Crippen molar-refractivity contribution in [3.05, 3.63) is 130 Å². The summed E-state index contributed by atoms with van der Waals surface area (Å²) in [5.74, 6) is -3.36. The molecule has 0 aromatic heterocycles. The Morgan fingerprint density at radius 3 is 1.57 bits per heavy atom. The summed E-state index contributed by atoms with van der Waals surface area (Å²) in [5, 5.41) is 22.6. The third-order valence-electron chi connectivity index (χ3n) is 14.8. The Morgan fingerprint density at radius 2 is 1.13 bits per heavy atom. The minimum Gasteiger partial charge on any atom is -0.480 e. The van der Waals surface area contributed by atoms with Gasteiger partial charge in [-0.05, 0) is 122 Å². The quantitative estimate of drug-likeness (QED) is 0.0873. The van der Waals surface area contributed by atoms with Crippen LogP contribution in [-0.2, 0) is 52.7 Å². The van der Waals surface area contributed by atoms with Crippen LogP contribution in [0.25, 0.3) is 0 Å². The van der Waals surface area contributed by atoms with Crippen LogP contribution in [0.15, 0.2) is 84.9 Å². The van der Waals surface area contributed by atoms with Crippen LogP contribution in [0.5, 0.6) is 0 Å². The van der Waals surface area contributed by atoms with Gasteiger partial charge in [0.05, 0.1) is 6.04 Å². The number of nitrogens with zero attached hydrogens (tertiary/aromatic N) is 3. The molecule has 4 saturated heterocycles. The molecule has 412 valence electrons. The smallest absolute Gasteiger partial charge is 0.418 e. The Morgan fingerprint density at radius 1 is 0.649 bits per heavy atom. The number of carboxylic acids is 1. The Bertz CT molecular complexity index is 2890. The van der Waals surface area contributed by atoms with E-state index in [1.807, 2.05) is 19.1 Å². The van der Waals surface area contributed by atoms with E-state index in [0.717, 1.165) is 40.9 Å². The summed E-state index contributed by atoms with van der Waals surface area (Å²) in [6.45, 7) is 3.04. The van der Waals surface area contributed by atoms with Crippen LogP contribution in [0.3, 0.4) is 0 Å². The van der Waals surface area contributed by atoms with Gasteiger partial charge in [-0.25, -0.2) is 37.8 Å². The second kappa shape index (κ2) is 24.4. The van der Waals surface area contributed by atoms with Crippen molar-refractivity contribution >= 4 is 59.3 Å². The number of likely N-dealkylation sites (tertiary alicyclic amines) is 1. The highest BCUT2D eigenvalue weighted by Gasteiger charge is 2.60. The average molecular weight is 1070 g/mol. The Balaban J connectivity index is 0.000000205. The highest BCUT2D eigenvalue weighted by Crippen LogP contribution is 2.48. The molecule has 19 nitrogen and oxygen atoms in total. The fraction of sp³-hybridized carbons (Fsp3) is 0.429. The van der Waals surface area contributed by atoms with Crippen molar-refractivity contribution in [2.45, 2.75) is 128 Å². The number of fused-ring (bicyclic) bond motifs is 4. The molecule has 21 heteroatoms. The molecule has 4 aromatic rings. The standard InChI is InChI=1S/C27H29FN4O5.C15H15N3O6.C12H16FN.2CH4/c1-3-20-9-11-22(16-4-6-18(28)7-5-16)32(20)23(33)15-31-24(34)27(37-26(31)36)13-12-17-14-19(8-10-21(17)27)30-25(35)29-2;1-16-13(22)17-9-2-3-10-8(6-9)4-5-15(10)12(21)18(7-11(19)20)14(23)24-15;1-2-11-7-8-12(14-11)9-3-5-10(13)6-4-9;;/h4-8,10,14,20,22H,3,9,11-13,15H2,1-2H3,(H2,29,30,35);2-3,6H,4-5,7H2,1H3,(H,19,20)(H2,16,17,22);3-6,11-12,14H,2,7-8H2,1H3;2*1H4/t20-,22-,27+;15-;11-,12-;;/m010../s1. The van der Waals surface area contributed by atoms with Crippen LogP contribution in [0.2, 0.25) is 0 Å². The number of carboxylic acid groups (broad SMARTS) is 1. The van der Waals surface area contributed by atoms with E-state index in [9.17, 15) is 47.1 Å². The second-order valence-corrected chi connectivity index (χ2v) is 19.2. The van der Waals surface area contributed by atoms with Gasteiger partial charge in [0.1, 0.15) is 24.7 Å². The molecule has 4 aliphatic heterocycles. The van der Waals surface area contributed by atoms with Crippen LogP contribution >= 0.6 is 0 Å². The highest BCUT2D eigenvalue weighted by atomic mass is 19.1. The molecule has 0 unspecified atom stereocenters. The van der Waals surface area contributed by atoms with Crippen molar-refractivity contribution in [2.24, 2.45) is 0 Å². The zero-order valence-corrected chi connectivity index (χ0v) is 42.0. The number of amides is 9. The number of benzene rings is 4. The summed E-state index contributed by atoms with van der Waals surface area (Å²) >= 11 is 0. The number of nitrogens with one attached hydrogen (secondary N) is 5. The molecule has 77 heavy (non-hydrogen) atoms. The number of carbonyl (C=O) groups excluding carboxylic acids is 7. The van der Waals surface area contributed by atoms with E-state index in [2.05, 4.69) is 33.5 Å². The third kappa shape index (κ3) is 11.9. The molecule has 4 heterocycles. The van der Waals surface area contributed by atoms with Crippen molar-refractivity contribution in [1.29, 1.82) is 0 Å². The van der Waals surface area contributed by atoms with Gasteiger partial charge in [-0.3, -0.25) is 19.2 Å². The number of halogens is 2. The molecule has 2 aliphatic carbocycles. The Labute approximate surface area is 446 Å². The number of urea groups is 2. The number of aliphatic carboxylic acids is 1. The molecule has 4 fully saturated rings. The fourth-order valence-electron chi connectivity index (χ4n) is 11.0. The molecule has 2 spiro atoms. The van der Waals surface area contributed by atoms with Crippen LogP contribution in [-0.4, -0.2) is 107 Å². The lowest BCUT2D eigenvalue weighted by Crippen LogP contribution is -2.46. The van der Waals surface area contributed by atoms with Gasteiger partial charge in [-0.1, -0.05) is 65.1 Å². The van der Waals surface area contributed by atoms with Gasteiger partial charge in [0.2, 0.25) is 17.1 Å². The lowest BCUT2D eigenvalue weighted by Gasteiger charge is -2.31. The first kappa shape index (κ1) is 58.3. The molecule has 0 bridgehead atoms. The average Bonchev–Trinajstić information content (AvgIpc) is 4.41. The number of ether oxygens (including phenoxy) is 2. The van der Waals surface area contributed by atoms with E-state index in [0.29, 0.717) is 52.3 Å². The normalized spacial score (nSPS) is 23.3. The fourth-order valence-corrected chi connectivity index (χ4v) is 11.0. The second-order valence-electron chi connectivity index (χ2n) is 19.2. The number of hydrogen-bond acceptors (Lipinski definition) is 11. The van der Waals surface area contributed by atoms with Gasteiger partial charge >= 0.3 is 30.2 Å². The van der Waals surface area contributed by atoms with E-state index in [1.165, 1.54) is 63.2 Å². The number of anilines is 2. The zero-order valence-electron chi connectivity index (χ0n) is 42.0. The molecular formula is C56H68F2N8O11. The van der Waals surface area contributed by atoms with E-state index < -0.39 is 54.3 Å². The van der Waals surface area contributed by atoms with Crippen molar-refractivity contribution in [3.8, 4) is 0 Å².